The Kier molecular flexibility index (Phi) is 4.71. The van der Waals surface area contributed by atoms with E-state index in [1.165, 1.54) is 0 Å². The summed E-state index contributed by atoms with van der Waals surface area (Å²) in [6, 6.07) is 16.6. The maximum atomic E-state index is 6.02. The van der Waals surface area contributed by atoms with E-state index in [1.54, 1.807) is 0 Å². The van der Waals surface area contributed by atoms with Gasteiger partial charge in [0.05, 0.1) is 0 Å². The van der Waals surface area contributed by atoms with E-state index < -0.39 is 0 Å². The molecule has 0 saturated heterocycles. The van der Waals surface area contributed by atoms with Crippen molar-refractivity contribution in [2.45, 2.75) is 25.9 Å². The molecule has 0 bridgehead atoms. The molecule has 4 nitrogen and oxygen atoms in total. The van der Waals surface area contributed by atoms with Gasteiger partial charge in [0.1, 0.15) is 0 Å². The van der Waals surface area contributed by atoms with Crippen LogP contribution in [0.4, 0.5) is 0 Å². The van der Waals surface area contributed by atoms with Gasteiger partial charge >= 0.3 is 161 Å². The number of hydrogen-bond acceptors (Lipinski definition) is 4. The topological polar surface area (TPSA) is 46.2 Å². The number of para-hydroxylation sites is 2. The molecular weight excluding hydrogens is 333 g/mol. The van der Waals surface area contributed by atoms with Crippen molar-refractivity contribution in [2.24, 2.45) is 0 Å². The molecule has 1 aliphatic heterocycles. The van der Waals surface area contributed by atoms with Gasteiger partial charge in [-0.1, -0.05) is 0 Å². The molecule has 0 radical (unpaired) electrons. The number of nitrogens with zero attached hydrogens (tertiary/aromatic N) is 1. The van der Waals surface area contributed by atoms with Crippen molar-refractivity contribution in [3.63, 3.8) is 0 Å². The summed E-state index contributed by atoms with van der Waals surface area (Å²) in [6.45, 7) is 6.64. The number of ether oxygens (including phenoxy) is 1. The van der Waals surface area contributed by atoms with E-state index >= 15 is 0 Å². The van der Waals surface area contributed by atoms with Gasteiger partial charge in [-0.25, -0.2) is 0 Å². The van der Waals surface area contributed by atoms with E-state index in [2.05, 4.69) is 79.4 Å². The summed E-state index contributed by atoms with van der Waals surface area (Å²) in [7, 11) is 4.32. The van der Waals surface area contributed by atoms with E-state index in [0.717, 1.165) is 52.0 Å². The normalized spacial score (nSPS) is 14.1. The number of rotatable bonds is 4. The Hall–Kier alpha value is -2.66. The Morgan fingerprint density at radius 3 is 2.85 bits per heavy atom. The Balaban J connectivity index is 1.68. The van der Waals surface area contributed by atoms with Crippen LogP contribution in [-0.4, -0.2) is 31.2 Å². The van der Waals surface area contributed by atoms with Crippen LogP contribution in [-0.2, 0) is 12.1 Å². The number of aromatic nitrogens is 1. The second-order valence-corrected chi connectivity index (χ2v) is 7.43. The van der Waals surface area contributed by atoms with Crippen molar-refractivity contribution >= 4 is 24.0 Å². The third-order valence-corrected chi connectivity index (χ3v) is 5.03. The third kappa shape index (κ3) is 3.47. The fourth-order valence-electron chi connectivity index (χ4n) is 3.70. The van der Waals surface area contributed by atoms with Gasteiger partial charge in [0.25, 0.3) is 0 Å². The van der Waals surface area contributed by atoms with Crippen LogP contribution in [0, 0.1) is 0 Å². The van der Waals surface area contributed by atoms with Gasteiger partial charge in [0, 0.05) is 0 Å². The molecule has 2 aromatic carbocycles. The molecule has 5 heteroatoms. The summed E-state index contributed by atoms with van der Waals surface area (Å²) in [5, 5.41) is 8.13. The van der Waals surface area contributed by atoms with Crippen LogP contribution >= 0.6 is 0 Å². The predicted octanol–water partition coefficient (Wildman–Crippen LogP) is 2.62. The Morgan fingerprint density at radius 2 is 1.96 bits per heavy atom. The zero-order chi connectivity index (χ0) is 18.9. The Morgan fingerprint density at radius 1 is 1.15 bits per heavy atom. The van der Waals surface area contributed by atoms with Gasteiger partial charge < -0.3 is 0 Å². The maximum absolute atomic E-state index is 6.02. The molecule has 2 N–H and O–H groups in total. The van der Waals surface area contributed by atoms with Crippen LogP contribution in [0.5, 0.6) is 5.75 Å². The average molecular weight is 357 g/mol. The van der Waals surface area contributed by atoms with Crippen LogP contribution in [0.25, 0.3) is 10.9 Å². The molecule has 0 spiro atoms. The van der Waals surface area contributed by atoms with Gasteiger partial charge in [-0.2, -0.15) is 0 Å². The second-order valence-electron chi connectivity index (χ2n) is 7.43. The molecule has 0 unspecified atom stereocenters. The minimum atomic E-state index is -0.337. The summed E-state index contributed by atoms with van der Waals surface area (Å²) in [6.07, 6.45) is 1.84. The number of pyridine rings is 1. The Bertz CT molecular complexity index is 995. The van der Waals surface area contributed by atoms with Crippen molar-refractivity contribution in [2.75, 3.05) is 13.2 Å². The first-order chi connectivity index (χ1) is 13.1. The molecule has 0 aliphatic carbocycles. The first-order valence-corrected chi connectivity index (χ1v) is 9.33. The quantitative estimate of drug-likeness (QED) is 0.705. The van der Waals surface area contributed by atoms with E-state index in [-0.39, 0.29) is 5.54 Å². The second kappa shape index (κ2) is 7.16. The van der Waals surface area contributed by atoms with Crippen molar-refractivity contribution in [3.8, 4) is 5.75 Å². The predicted molar refractivity (Wildman–Crippen MR) is 113 cm³/mol. The molecule has 0 atom stereocenters. The standard InChI is InChI=1S/C22H24BN3O/c1-22(2,18-10-4-6-15-8-5-11-25-19(15)18)26-21(23)17-9-3-7-16-14-24-12-13-27-20(16)17/h3-11,23-24,26H,12-14H2,1-2H3. The first-order valence-electron chi connectivity index (χ1n) is 9.33. The van der Waals surface area contributed by atoms with Gasteiger partial charge in [-0.05, 0) is 0 Å². The molecule has 1 aromatic heterocycles. The van der Waals surface area contributed by atoms with Crippen LogP contribution in [0.2, 0.25) is 0 Å². The first kappa shape index (κ1) is 17.7. The molecule has 1 aliphatic rings. The molecule has 136 valence electrons. The summed E-state index contributed by atoms with van der Waals surface area (Å²) >= 11 is 0. The van der Waals surface area contributed by atoms with E-state index in [4.69, 9.17) is 4.74 Å². The number of fused-ring (bicyclic) bond motifs is 2. The summed E-state index contributed by atoms with van der Waals surface area (Å²) in [5.41, 5.74) is 4.85. The van der Waals surface area contributed by atoms with Crippen LogP contribution < -0.4 is 15.4 Å². The molecule has 4 rings (SSSR count). The Labute approximate surface area is 161 Å². The van der Waals surface area contributed by atoms with Gasteiger partial charge in [-0.3, -0.25) is 0 Å². The fraction of sp³-hybridized carbons (Fsp3) is 0.273. The average Bonchev–Trinajstić information content (AvgIpc) is 2.92. The van der Waals surface area contributed by atoms with Crippen molar-refractivity contribution in [1.82, 2.24) is 15.6 Å². The SMILES string of the molecule is B=C(NC(C)(C)c1cccc2cccnc12)c1cccc2c1OCCNC2. The molecule has 0 saturated carbocycles. The molecule has 0 fully saturated rings. The zero-order valence-corrected chi connectivity index (χ0v) is 15.9. The fourth-order valence-corrected chi connectivity index (χ4v) is 3.70. The summed E-state index contributed by atoms with van der Waals surface area (Å²) < 4.78 is 6.02. The van der Waals surface area contributed by atoms with Gasteiger partial charge in [-0.15, -0.1) is 0 Å². The molecule has 2 heterocycles. The molecule has 0 amide bonds. The number of nitrogens with one attached hydrogen (secondary N) is 2. The molecule has 27 heavy (non-hydrogen) atoms. The molecular formula is C22H24BN3O. The number of hydrogen-bond donors (Lipinski definition) is 2. The summed E-state index contributed by atoms with van der Waals surface area (Å²) in [4.78, 5) is 4.61. The van der Waals surface area contributed by atoms with E-state index in [0.29, 0.717) is 6.61 Å². The van der Waals surface area contributed by atoms with Crippen LogP contribution in [0.3, 0.4) is 0 Å². The third-order valence-electron chi connectivity index (χ3n) is 5.03. The van der Waals surface area contributed by atoms with Crippen molar-refractivity contribution < 1.29 is 4.74 Å². The van der Waals surface area contributed by atoms with E-state index in [9.17, 15) is 0 Å². The van der Waals surface area contributed by atoms with E-state index in [1.807, 2.05) is 12.3 Å². The molecule has 3 aromatic rings. The summed E-state index contributed by atoms with van der Waals surface area (Å²) in [5.74, 6) is 0.923. The van der Waals surface area contributed by atoms with Gasteiger partial charge in [0.2, 0.25) is 0 Å². The van der Waals surface area contributed by atoms with Gasteiger partial charge in [0.15, 0.2) is 0 Å². The van der Waals surface area contributed by atoms with Crippen LogP contribution in [0.15, 0.2) is 54.7 Å². The minimum absolute atomic E-state index is 0.337. The number of benzene rings is 2. The van der Waals surface area contributed by atoms with Crippen molar-refractivity contribution in [3.05, 3.63) is 71.4 Å². The monoisotopic (exact) mass is 357 g/mol. The van der Waals surface area contributed by atoms with Crippen molar-refractivity contribution in [1.29, 1.82) is 0 Å². The zero-order valence-electron chi connectivity index (χ0n) is 15.9. The van der Waals surface area contributed by atoms with Crippen LogP contribution in [0.1, 0.15) is 30.5 Å².